The molecule has 0 spiro atoms. The third-order valence-corrected chi connectivity index (χ3v) is 5.64. The van der Waals surface area contributed by atoms with Crippen molar-refractivity contribution in [2.45, 2.75) is 25.9 Å². The molecule has 2 aromatic rings. The van der Waals surface area contributed by atoms with E-state index in [9.17, 15) is 26.4 Å². The molecule has 0 aliphatic heterocycles. The smallest absolute Gasteiger partial charge is 0.301 e. The Morgan fingerprint density at radius 2 is 2.04 bits per heavy atom. The highest BCUT2D eigenvalue weighted by Crippen LogP contribution is 2.28. The number of sulfone groups is 1. The van der Waals surface area contributed by atoms with Crippen LogP contribution in [0.4, 0.5) is 18.3 Å². The van der Waals surface area contributed by atoms with Crippen LogP contribution in [0.15, 0.2) is 18.2 Å². The van der Waals surface area contributed by atoms with E-state index in [0.29, 0.717) is 0 Å². The van der Waals surface area contributed by atoms with Gasteiger partial charge in [-0.1, -0.05) is 30.4 Å². The summed E-state index contributed by atoms with van der Waals surface area (Å²) >= 11 is 1.18. The Bertz CT molecular complexity index is 845. The summed E-state index contributed by atoms with van der Waals surface area (Å²) in [6.45, 7) is 1.96. The van der Waals surface area contributed by atoms with Gasteiger partial charge in [0.05, 0.1) is 22.4 Å². The summed E-state index contributed by atoms with van der Waals surface area (Å²) in [6, 6.07) is 5.57. The number of rotatable bonds is 6. The third-order valence-electron chi connectivity index (χ3n) is 3.18. The van der Waals surface area contributed by atoms with Gasteiger partial charge in [-0.15, -0.1) is 0 Å². The van der Waals surface area contributed by atoms with Gasteiger partial charge in [-0.25, -0.2) is 13.4 Å². The Hall–Kier alpha value is -1.68. The van der Waals surface area contributed by atoms with Crippen molar-refractivity contribution in [2.75, 3.05) is 16.8 Å². The summed E-state index contributed by atoms with van der Waals surface area (Å²) in [6.07, 6.45) is -5.29. The van der Waals surface area contributed by atoms with Crippen LogP contribution >= 0.6 is 11.3 Å². The van der Waals surface area contributed by atoms with Crippen LogP contribution in [0.1, 0.15) is 18.9 Å². The van der Waals surface area contributed by atoms with E-state index in [1.165, 1.54) is 11.3 Å². The van der Waals surface area contributed by atoms with Crippen LogP contribution in [0.5, 0.6) is 0 Å². The van der Waals surface area contributed by atoms with Gasteiger partial charge in [0.25, 0.3) is 0 Å². The number of benzene rings is 1. The molecule has 0 bridgehead atoms. The number of alkyl halides is 3. The van der Waals surface area contributed by atoms with E-state index >= 15 is 0 Å². The Labute approximate surface area is 140 Å². The molecule has 0 unspecified atom stereocenters. The Kier molecular flexibility index (Phi) is 5.49. The molecule has 24 heavy (non-hydrogen) atoms. The van der Waals surface area contributed by atoms with Crippen molar-refractivity contribution >= 4 is 42.4 Å². The molecule has 0 aliphatic carbocycles. The van der Waals surface area contributed by atoms with Crippen LogP contribution in [-0.2, 0) is 21.1 Å². The summed E-state index contributed by atoms with van der Waals surface area (Å²) in [7, 11) is -4.13. The maximum absolute atomic E-state index is 12.1. The van der Waals surface area contributed by atoms with Gasteiger partial charge in [0, 0.05) is 0 Å². The largest absolute Gasteiger partial charge is 0.390 e. The molecule has 0 atom stereocenters. The number of aromatic nitrogens is 1. The number of aryl methyl sites for hydroxylation is 1. The lowest BCUT2D eigenvalue weighted by atomic mass is 10.1. The zero-order valence-corrected chi connectivity index (χ0v) is 14.3. The van der Waals surface area contributed by atoms with Gasteiger partial charge in [-0.2, -0.15) is 13.2 Å². The highest BCUT2D eigenvalue weighted by Gasteiger charge is 2.30. The van der Waals surface area contributed by atoms with E-state index in [4.69, 9.17) is 0 Å². The number of fused-ring (bicyclic) bond motifs is 1. The van der Waals surface area contributed by atoms with E-state index in [-0.39, 0.29) is 5.13 Å². The van der Waals surface area contributed by atoms with Crippen molar-refractivity contribution in [2.24, 2.45) is 0 Å². The number of para-hydroxylation sites is 1. The average molecular weight is 380 g/mol. The molecule has 0 aliphatic rings. The molecule has 1 aromatic heterocycles. The minimum absolute atomic E-state index is 0.224. The normalized spacial score (nSPS) is 12.5. The molecule has 2 rings (SSSR count). The molecule has 1 N–H and O–H groups in total. The number of hydrogen-bond acceptors (Lipinski definition) is 5. The second-order valence-electron chi connectivity index (χ2n) is 5.14. The number of hydrogen-bond donors (Lipinski definition) is 1. The van der Waals surface area contributed by atoms with Gasteiger partial charge in [0.2, 0.25) is 5.91 Å². The van der Waals surface area contributed by atoms with E-state index in [1.54, 1.807) is 0 Å². The number of carbonyl (C=O) groups is 1. The Morgan fingerprint density at radius 1 is 1.33 bits per heavy atom. The number of halogens is 3. The minimum Gasteiger partial charge on any atom is -0.301 e. The fourth-order valence-corrected chi connectivity index (χ4v) is 4.13. The van der Waals surface area contributed by atoms with E-state index in [2.05, 4.69) is 10.3 Å². The number of carbonyl (C=O) groups excluding carboxylic acids is 1. The van der Waals surface area contributed by atoms with Crippen LogP contribution < -0.4 is 5.32 Å². The van der Waals surface area contributed by atoms with Crippen molar-refractivity contribution in [1.82, 2.24) is 4.98 Å². The van der Waals surface area contributed by atoms with Gasteiger partial charge in [0.15, 0.2) is 15.0 Å². The fourth-order valence-electron chi connectivity index (χ4n) is 2.04. The van der Waals surface area contributed by atoms with Crippen LogP contribution in [0.3, 0.4) is 0 Å². The van der Waals surface area contributed by atoms with Crippen LogP contribution in [0.2, 0.25) is 0 Å². The number of nitrogens with zero attached hydrogens (tertiary/aromatic N) is 1. The SMILES string of the molecule is CCc1cccc2sc(NC(=O)CS(=O)(=O)CCC(F)(F)F)nc12. The Morgan fingerprint density at radius 3 is 2.67 bits per heavy atom. The second-order valence-corrected chi connectivity index (χ2v) is 8.36. The maximum atomic E-state index is 12.1. The lowest BCUT2D eigenvalue weighted by Crippen LogP contribution is -2.26. The summed E-state index contributed by atoms with van der Waals surface area (Å²) in [4.78, 5) is 16.0. The number of amides is 1. The average Bonchev–Trinajstić information content (AvgIpc) is 2.85. The Balaban J connectivity index is 2.04. The predicted octanol–water partition coefficient (Wildman–Crippen LogP) is 3.16. The number of thiazole rings is 1. The molecule has 0 fully saturated rings. The van der Waals surface area contributed by atoms with Gasteiger partial charge in [-0.3, -0.25) is 4.79 Å². The molecule has 10 heteroatoms. The van der Waals surface area contributed by atoms with Crippen LogP contribution in [0.25, 0.3) is 10.2 Å². The van der Waals surface area contributed by atoms with Crippen molar-refractivity contribution in [1.29, 1.82) is 0 Å². The zero-order valence-electron chi connectivity index (χ0n) is 12.7. The monoisotopic (exact) mass is 380 g/mol. The van der Waals surface area contributed by atoms with Crippen molar-refractivity contribution in [3.05, 3.63) is 23.8 Å². The molecule has 1 amide bonds. The van der Waals surface area contributed by atoms with E-state index in [1.807, 2.05) is 25.1 Å². The predicted molar refractivity (Wildman–Crippen MR) is 87.0 cm³/mol. The molecule has 0 saturated carbocycles. The highest BCUT2D eigenvalue weighted by atomic mass is 32.2. The van der Waals surface area contributed by atoms with Crippen molar-refractivity contribution in [3.8, 4) is 0 Å². The first-order valence-electron chi connectivity index (χ1n) is 7.05. The number of anilines is 1. The van der Waals surface area contributed by atoms with Gasteiger partial charge < -0.3 is 5.32 Å². The molecule has 0 saturated heterocycles. The van der Waals surface area contributed by atoms with Crippen LogP contribution in [-0.4, -0.2) is 37.0 Å². The molecule has 0 radical (unpaired) electrons. The maximum Gasteiger partial charge on any atom is 0.390 e. The fraction of sp³-hybridized carbons (Fsp3) is 0.429. The lowest BCUT2D eigenvalue weighted by molar-refractivity contribution is -0.130. The quantitative estimate of drug-likeness (QED) is 0.835. The first-order valence-corrected chi connectivity index (χ1v) is 9.69. The van der Waals surface area contributed by atoms with Gasteiger partial charge in [-0.05, 0) is 18.1 Å². The van der Waals surface area contributed by atoms with Crippen molar-refractivity contribution < 1.29 is 26.4 Å². The zero-order chi connectivity index (χ0) is 18.0. The first-order chi connectivity index (χ1) is 11.1. The lowest BCUT2D eigenvalue weighted by Gasteiger charge is -2.07. The standard InChI is InChI=1S/C14H15F3N2O3S2/c1-2-9-4-3-5-10-12(9)19-13(23-10)18-11(20)8-24(21,22)7-6-14(15,16)17/h3-5H,2,6-8H2,1H3,(H,18,19,20). The highest BCUT2D eigenvalue weighted by molar-refractivity contribution is 7.92. The summed E-state index contributed by atoms with van der Waals surface area (Å²) in [5, 5.41) is 2.57. The first kappa shape index (κ1) is 18.7. The molecule has 5 nitrogen and oxygen atoms in total. The number of nitrogens with one attached hydrogen (secondary N) is 1. The second kappa shape index (κ2) is 7.06. The van der Waals surface area contributed by atoms with Gasteiger partial charge >= 0.3 is 6.18 Å². The minimum atomic E-state index is -4.58. The van der Waals surface area contributed by atoms with Crippen LogP contribution in [0, 0.1) is 0 Å². The summed E-state index contributed by atoms with van der Waals surface area (Å²) < 4.78 is 60.2. The van der Waals surface area contributed by atoms with Gasteiger partial charge in [0.1, 0.15) is 5.75 Å². The molecular weight excluding hydrogens is 365 g/mol. The summed E-state index contributed by atoms with van der Waals surface area (Å²) in [5.74, 6) is -3.00. The summed E-state index contributed by atoms with van der Waals surface area (Å²) in [5.41, 5.74) is 1.71. The third kappa shape index (κ3) is 5.17. The van der Waals surface area contributed by atoms with E-state index < -0.39 is 39.8 Å². The van der Waals surface area contributed by atoms with E-state index in [0.717, 1.165) is 22.2 Å². The molecule has 1 heterocycles. The molecule has 1 aromatic carbocycles. The molecular formula is C14H15F3N2O3S2. The van der Waals surface area contributed by atoms with Crippen molar-refractivity contribution in [3.63, 3.8) is 0 Å². The topological polar surface area (TPSA) is 76.1 Å². The molecule has 132 valence electrons.